The summed E-state index contributed by atoms with van der Waals surface area (Å²) in [5.41, 5.74) is 20.1. The van der Waals surface area contributed by atoms with Gasteiger partial charge in [0.15, 0.2) is 0 Å². The highest BCUT2D eigenvalue weighted by Crippen LogP contribution is 2.57. The van der Waals surface area contributed by atoms with Crippen LogP contribution in [0.4, 0.5) is 17.1 Å². The van der Waals surface area contributed by atoms with Crippen LogP contribution in [0.1, 0.15) is 22.3 Å². The van der Waals surface area contributed by atoms with E-state index in [1.165, 1.54) is 97.7 Å². The van der Waals surface area contributed by atoms with Crippen LogP contribution in [0.2, 0.25) is 0 Å². The van der Waals surface area contributed by atoms with Crippen molar-refractivity contribution in [2.75, 3.05) is 4.90 Å². The van der Waals surface area contributed by atoms with Gasteiger partial charge in [-0.15, -0.1) is 11.3 Å². The van der Waals surface area contributed by atoms with Gasteiger partial charge in [0.1, 0.15) is 0 Å². The van der Waals surface area contributed by atoms with Gasteiger partial charge in [-0.3, -0.25) is 0 Å². The van der Waals surface area contributed by atoms with Crippen molar-refractivity contribution in [1.29, 1.82) is 0 Å². The number of anilines is 3. The van der Waals surface area contributed by atoms with Crippen molar-refractivity contribution in [2.24, 2.45) is 0 Å². The summed E-state index contributed by atoms with van der Waals surface area (Å²) in [6.07, 6.45) is 0. The van der Waals surface area contributed by atoms with E-state index in [9.17, 15) is 0 Å². The summed E-state index contributed by atoms with van der Waals surface area (Å²) in [7, 11) is 0. The van der Waals surface area contributed by atoms with Crippen molar-refractivity contribution in [3.8, 4) is 55.6 Å². The zero-order chi connectivity index (χ0) is 48.3. The molecule has 14 rings (SSSR count). The molecule has 2 heteroatoms. The molecule has 73 heavy (non-hydrogen) atoms. The number of nitrogens with zero attached hydrogens (tertiary/aromatic N) is 1. The molecule has 1 aliphatic carbocycles. The predicted molar refractivity (Wildman–Crippen MR) is 311 cm³/mol. The number of hydrogen-bond donors (Lipinski definition) is 0. The van der Waals surface area contributed by atoms with Crippen LogP contribution in [0.25, 0.3) is 86.6 Å². The summed E-state index contributed by atoms with van der Waals surface area (Å²) in [4.78, 5) is 2.43. The largest absolute Gasteiger partial charge is 0.310 e. The van der Waals surface area contributed by atoms with Crippen LogP contribution in [0.3, 0.4) is 0 Å². The van der Waals surface area contributed by atoms with Gasteiger partial charge in [-0.25, -0.2) is 0 Å². The first-order chi connectivity index (χ1) is 36.2. The van der Waals surface area contributed by atoms with Crippen LogP contribution in [0.15, 0.2) is 285 Å². The molecule has 0 saturated carbocycles. The van der Waals surface area contributed by atoms with Gasteiger partial charge < -0.3 is 4.90 Å². The van der Waals surface area contributed by atoms with Crippen LogP contribution in [-0.4, -0.2) is 0 Å². The first kappa shape index (κ1) is 42.8. The maximum atomic E-state index is 2.45. The normalized spacial score (nSPS) is 12.5. The fourth-order valence-corrected chi connectivity index (χ4v) is 13.0. The molecule has 342 valence electrons. The van der Waals surface area contributed by atoms with Crippen LogP contribution >= 0.6 is 11.3 Å². The van der Waals surface area contributed by atoms with Crippen molar-refractivity contribution in [1.82, 2.24) is 0 Å². The van der Waals surface area contributed by atoms with Crippen LogP contribution < -0.4 is 4.90 Å². The first-order valence-electron chi connectivity index (χ1n) is 25.2. The topological polar surface area (TPSA) is 3.24 Å². The lowest BCUT2D eigenvalue weighted by atomic mass is 9.67. The van der Waals surface area contributed by atoms with Crippen molar-refractivity contribution in [2.45, 2.75) is 5.41 Å². The minimum atomic E-state index is -0.468. The van der Waals surface area contributed by atoms with E-state index in [4.69, 9.17) is 0 Å². The molecular formula is C71H47NS. The number of rotatable bonds is 9. The van der Waals surface area contributed by atoms with Gasteiger partial charge in [0, 0.05) is 37.1 Å². The number of para-hydroxylation sites is 1. The lowest BCUT2D eigenvalue weighted by molar-refractivity contribution is 0.769. The minimum Gasteiger partial charge on any atom is -0.310 e. The summed E-state index contributed by atoms with van der Waals surface area (Å²) in [5.74, 6) is 0. The Balaban J connectivity index is 0.906. The summed E-state index contributed by atoms with van der Waals surface area (Å²) >= 11 is 1.86. The van der Waals surface area contributed by atoms with E-state index < -0.39 is 5.41 Å². The van der Waals surface area contributed by atoms with E-state index in [1.807, 2.05) is 11.3 Å². The van der Waals surface area contributed by atoms with E-state index in [1.54, 1.807) is 0 Å². The molecule has 1 nitrogen and oxygen atoms in total. The Morgan fingerprint density at radius 1 is 0.288 bits per heavy atom. The fraction of sp³-hybridized carbons (Fsp3) is 0.0141. The van der Waals surface area contributed by atoms with E-state index in [0.717, 1.165) is 28.2 Å². The van der Waals surface area contributed by atoms with Crippen LogP contribution in [0, 0.1) is 0 Å². The second kappa shape index (κ2) is 17.6. The zero-order valence-electron chi connectivity index (χ0n) is 40.0. The number of fused-ring (bicyclic) bond motifs is 7. The average molecular weight is 946 g/mol. The van der Waals surface area contributed by atoms with E-state index in [0.29, 0.717) is 0 Å². The molecule has 0 aliphatic heterocycles. The SMILES string of the molecule is c1ccc(C2(c3ccccc3)c3ccccc3-c3ccc(-c4ccc(N(c5ccc(-c6cccc7sc8ccccc8c67)cc5)c5ccccc5-c5cccc(-c6cccc7ccccc67)c5)cc4)cc32)cc1. The van der Waals surface area contributed by atoms with Crippen molar-refractivity contribution in [3.63, 3.8) is 0 Å². The molecule has 1 aromatic heterocycles. The van der Waals surface area contributed by atoms with Gasteiger partial charge in [-0.2, -0.15) is 0 Å². The number of benzene rings is 12. The highest BCUT2D eigenvalue weighted by atomic mass is 32.1. The second-order valence-corrected chi connectivity index (χ2v) is 20.2. The molecular weight excluding hydrogens is 899 g/mol. The standard InChI is InChI=1S/C71H47NS/c1-3-22-54(23-4-1)71(55-24-5-2-6-25-55)65-32-12-9-28-62(65)63-45-40-51(47-66(63)71)48-36-41-56(42-37-48)72(57-43-38-50(39-44-57)61-31-17-35-69-70(61)64-29-11-14-34-68(64)73-69)67-33-13-10-27-60(67)53-21-15-20-52(46-53)59-30-16-19-49-18-7-8-26-58(49)59/h1-47H. The lowest BCUT2D eigenvalue weighted by Crippen LogP contribution is -2.28. The minimum absolute atomic E-state index is 0.468. The highest BCUT2D eigenvalue weighted by molar-refractivity contribution is 7.25. The molecule has 0 fully saturated rings. The summed E-state index contributed by atoms with van der Waals surface area (Å²) in [6.45, 7) is 0. The van der Waals surface area contributed by atoms with Crippen molar-refractivity contribution in [3.05, 3.63) is 307 Å². The van der Waals surface area contributed by atoms with E-state index in [2.05, 4.69) is 290 Å². The maximum Gasteiger partial charge on any atom is 0.0713 e. The molecule has 1 aliphatic rings. The Kier molecular flexibility index (Phi) is 10.3. The number of hydrogen-bond acceptors (Lipinski definition) is 2. The smallest absolute Gasteiger partial charge is 0.0713 e. The quantitative estimate of drug-likeness (QED) is 0.139. The molecule has 0 bridgehead atoms. The Morgan fingerprint density at radius 3 is 1.58 bits per heavy atom. The van der Waals surface area contributed by atoms with Crippen molar-refractivity contribution >= 4 is 59.3 Å². The van der Waals surface area contributed by atoms with E-state index in [-0.39, 0.29) is 0 Å². The van der Waals surface area contributed by atoms with Crippen LogP contribution in [0.5, 0.6) is 0 Å². The van der Waals surface area contributed by atoms with Crippen molar-refractivity contribution < 1.29 is 0 Å². The third-order valence-corrected chi connectivity index (χ3v) is 16.3. The van der Waals surface area contributed by atoms with Gasteiger partial charge in [0.05, 0.1) is 11.1 Å². The Labute approximate surface area is 430 Å². The molecule has 0 radical (unpaired) electrons. The zero-order valence-corrected chi connectivity index (χ0v) is 40.8. The lowest BCUT2D eigenvalue weighted by Gasteiger charge is -2.34. The third-order valence-electron chi connectivity index (χ3n) is 15.2. The van der Waals surface area contributed by atoms with Gasteiger partial charge in [0.25, 0.3) is 0 Å². The molecule has 13 aromatic rings. The predicted octanol–water partition coefficient (Wildman–Crippen LogP) is 19.7. The molecule has 0 atom stereocenters. The molecule has 0 unspecified atom stereocenters. The van der Waals surface area contributed by atoms with Gasteiger partial charge in [0.2, 0.25) is 0 Å². The highest BCUT2D eigenvalue weighted by Gasteiger charge is 2.46. The molecule has 1 heterocycles. The number of thiophene rings is 1. The van der Waals surface area contributed by atoms with Gasteiger partial charge in [-0.1, -0.05) is 231 Å². The second-order valence-electron chi connectivity index (χ2n) is 19.1. The Bertz CT molecular complexity index is 4140. The summed E-state index contributed by atoms with van der Waals surface area (Å²) in [5, 5.41) is 5.12. The Morgan fingerprint density at radius 2 is 0.808 bits per heavy atom. The molecule has 0 amide bonds. The molecule has 0 spiro atoms. The molecule has 0 saturated heterocycles. The average Bonchev–Trinajstić information content (AvgIpc) is 4.04. The summed E-state index contributed by atoms with van der Waals surface area (Å²) < 4.78 is 2.62. The monoisotopic (exact) mass is 945 g/mol. The summed E-state index contributed by atoms with van der Waals surface area (Å²) in [6, 6.07) is 105. The first-order valence-corrected chi connectivity index (χ1v) is 26.0. The Hall–Kier alpha value is -9.08. The van der Waals surface area contributed by atoms with Gasteiger partial charge in [-0.05, 0) is 138 Å². The van der Waals surface area contributed by atoms with Gasteiger partial charge >= 0.3 is 0 Å². The van der Waals surface area contributed by atoms with E-state index >= 15 is 0 Å². The molecule has 12 aromatic carbocycles. The third kappa shape index (κ3) is 7.06. The fourth-order valence-electron chi connectivity index (χ4n) is 11.9. The van der Waals surface area contributed by atoms with Crippen LogP contribution in [-0.2, 0) is 5.41 Å². The molecule has 0 N–H and O–H groups in total. The maximum absolute atomic E-state index is 2.45.